The minimum Gasteiger partial charge on any atom is -0.270 e. The number of aryl methyl sites for hydroxylation is 2. The van der Waals surface area contributed by atoms with Crippen LogP contribution in [-0.4, -0.2) is 13.9 Å². The van der Waals surface area contributed by atoms with Gasteiger partial charge in [0.05, 0.1) is 5.69 Å². The molecule has 80 valence electrons. The van der Waals surface area contributed by atoms with Crippen LogP contribution in [-0.2, 0) is 0 Å². The molecule has 2 heterocycles. The first kappa shape index (κ1) is 12.3. The van der Waals surface area contributed by atoms with Crippen molar-refractivity contribution in [2.24, 2.45) is 0 Å². The molecule has 2 aromatic rings. The van der Waals surface area contributed by atoms with Gasteiger partial charge in [-0.2, -0.15) is 0 Å². The van der Waals surface area contributed by atoms with Gasteiger partial charge in [0.15, 0.2) is 5.65 Å². The van der Waals surface area contributed by atoms with Gasteiger partial charge in [0, 0.05) is 23.2 Å². The zero-order valence-electron chi connectivity index (χ0n) is 8.11. The average molecular weight is 463 g/mol. The van der Waals surface area contributed by atoms with Crippen molar-refractivity contribution in [3.05, 3.63) is 23.8 Å². The molecule has 0 radical (unpaired) electrons. The lowest BCUT2D eigenvalue weighted by atomic mass is 10.2. The molecule has 15 heavy (non-hydrogen) atoms. The van der Waals surface area contributed by atoms with Gasteiger partial charge in [0.1, 0.15) is 8.74 Å². The van der Waals surface area contributed by atoms with Gasteiger partial charge in [-0.25, -0.2) is 9.97 Å². The second-order valence-electron chi connectivity index (χ2n) is 3.08. The zero-order chi connectivity index (χ0) is 11.0. The molecule has 0 spiro atoms. The molecule has 0 aliphatic rings. The number of rotatable bonds is 2. The van der Waals surface area contributed by atoms with Gasteiger partial charge in [0.25, 0.3) is 0 Å². The summed E-state index contributed by atoms with van der Waals surface area (Å²) in [6.45, 7) is 4.14. The third kappa shape index (κ3) is 2.58. The standard InChI is InChI=1S/C8H8I2N3PS/c1-5-3-13(15-14(9)10)8-7(5)6(2)11-4-12-8/h3-4H,1-2H3. The van der Waals surface area contributed by atoms with Crippen LogP contribution in [0.5, 0.6) is 0 Å². The Hall–Kier alpha value is 0.860. The summed E-state index contributed by atoms with van der Waals surface area (Å²) in [4.78, 5) is 8.58. The molecular formula is C8H8I2N3PS. The van der Waals surface area contributed by atoms with Gasteiger partial charge in [-0.15, -0.1) is 0 Å². The van der Waals surface area contributed by atoms with E-state index in [0.29, 0.717) is 0 Å². The Balaban J connectivity index is 2.63. The molecule has 0 aliphatic heterocycles. The van der Waals surface area contributed by atoms with Crippen LogP contribution in [0.2, 0.25) is 0 Å². The minimum absolute atomic E-state index is 0.0870. The highest BCUT2D eigenvalue weighted by Gasteiger charge is 2.11. The Kier molecular flexibility index (Phi) is 4.12. The summed E-state index contributed by atoms with van der Waals surface area (Å²) < 4.78 is 2.07. The largest absolute Gasteiger partial charge is 0.270 e. The van der Waals surface area contributed by atoms with Crippen molar-refractivity contribution in [1.29, 1.82) is 0 Å². The number of aromatic nitrogens is 3. The highest BCUT2D eigenvalue weighted by atomic mass is 127. The van der Waals surface area contributed by atoms with Crippen LogP contribution in [0.15, 0.2) is 12.5 Å². The summed E-state index contributed by atoms with van der Waals surface area (Å²) in [6, 6.07) is 0. The fourth-order valence-corrected chi connectivity index (χ4v) is 6.26. The van der Waals surface area contributed by atoms with Gasteiger partial charge in [-0.1, -0.05) is 0 Å². The maximum absolute atomic E-state index is 4.35. The summed E-state index contributed by atoms with van der Waals surface area (Å²) in [5, 5.41) is 1.19. The molecule has 0 aromatic carbocycles. The second kappa shape index (κ2) is 5.01. The third-order valence-electron chi connectivity index (χ3n) is 2.08. The highest BCUT2D eigenvalue weighted by Crippen LogP contribution is 2.65. The van der Waals surface area contributed by atoms with E-state index < -0.39 is 0 Å². The lowest BCUT2D eigenvalue weighted by Crippen LogP contribution is -1.88. The molecule has 0 aliphatic carbocycles. The summed E-state index contributed by atoms with van der Waals surface area (Å²) in [5.41, 5.74) is 3.34. The SMILES string of the molecule is Cc1cn(SP(I)I)c2ncnc(C)c12. The molecule has 7 heteroatoms. The molecule has 0 saturated carbocycles. The van der Waals surface area contributed by atoms with E-state index >= 15 is 0 Å². The van der Waals surface area contributed by atoms with Crippen LogP contribution >= 0.6 is 58.1 Å². The molecule has 0 fully saturated rings. The van der Waals surface area contributed by atoms with Gasteiger partial charge in [-0.05, 0) is 63.5 Å². The maximum Gasteiger partial charge on any atom is 0.154 e. The summed E-state index contributed by atoms with van der Waals surface area (Å²) in [6.07, 6.45) is 3.78. The third-order valence-corrected chi connectivity index (χ3v) is 6.73. The van der Waals surface area contributed by atoms with Gasteiger partial charge in [0.2, 0.25) is 0 Å². The molecule has 0 saturated heterocycles. The lowest BCUT2D eigenvalue weighted by molar-refractivity contribution is 1.13. The average Bonchev–Trinajstić information content (AvgIpc) is 2.44. The van der Waals surface area contributed by atoms with Crippen LogP contribution in [0, 0.1) is 13.8 Å². The van der Waals surface area contributed by atoms with Crippen molar-refractivity contribution in [2.75, 3.05) is 0 Å². The number of hydrogen-bond acceptors (Lipinski definition) is 3. The van der Waals surface area contributed by atoms with Gasteiger partial charge >= 0.3 is 0 Å². The van der Waals surface area contributed by atoms with E-state index in [4.69, 9.17) is 0 Å². The maximum atomic E-state index is 4.35. The molecule has 3 nitrogen and oxygen atoms in total. The zero-order valence-corrected chi connectivity index (χ0v) is 14.1. The first-order valence-corrected chi connectivity index (χ1v) is 12.5. The Morgan fingerprint density at radius 1 is 1.33 bits per heavy atom. The molecule has 0 amide bonds. The molecule has 0 N–H and O–H groups in total. The minimum atomic E-state index is -0.0870. The molecule has 2 aromatic heterocycles. The van der Waals surface area contributed by atoms with Crippen LogP contribution in [0.1, 0.15) is 11.3 Å². The van der Waals surface area contributed by atoms with Crippen molar-refractivity contribution in [1.82, 2.24) is 13.9 Å². The number of hydrogen-bond donors (Lipinski definition) is 0. The van der Waals surface area contributed by atoms with Gasteiger partial charge in [-0.3, -0.25) is 3.97 Å². The molecule has 0 bridgehead atoms. The smallest absolute Gasteiger partial charge is 0.154 e. The summed E-state index contributed by atoms with van der Waals surface area (Å²) in [5.74, 6) is 0. The fourth-order valence-electron chi connectivity index (χ4n) is 1.52. The molecule has 2 rings (SSSR count). The van der Waals surface area contributed by atoms with Crippen LogP contribution in [0.4, 0.5) is 0 Å². The first-order valence-electron chi connectivity index (χ1n) is 4.19. The molecular weight excluding hydrogens is 455 g/mol. The Morgan fingerprint density at radius 3 is 2.73 bits per heavy atom. The van der Waals surface area contributed by atoms with Crippen molar-refractivity contribution in [2.45, 2.75) is 13.8 Å². The number of nitrogens with zero attached hydrogens (tertiary/aromatic N) is 3. The lowest BCUT2D eigenvalue weighted by Gasteiger charge is -2.03. The van der Waals surface area contributed by atoms with Crippen molar-refractivity contribution in [3.63, 3.8) is 0 Å². The Bertz CT molecular complexity index is 500. The van der Waals surface area contributed by atoms with E-state index in [1.54, 1.807) is 6.33 Å². The predicted octanol–water partition coefficient (Wildman–Crippen LogP) is 4.64. The van der Waals surface area contributed by atoms with E-state index in [2.05, 4.69) is 71.1 Å². The van der Waals surface area contributed by atoms with Crippen LogP contribution in [0.3, 0.4) is 0 Å². The topological polar surface area (TPSA) is 30.7 Å². The van der Waals surface area contributed by atoms with E-state index in [9.17, 15) is 0 Å². The van der Waals surface area contributed by atoms with Crippen molar-refractivity contribution in [3.8, 4) is 0 Å². The van der Waals surface area contributed by atoms with E-state index in [0.717, 1.165) is 11.3 Å². The van der Waals surface area contributed by atoms with Gasteiger partial charge < -0.3 is 0 Å². The highest BCUT2D eigenvalue weighted by molar-refractivity contribution is 14.3. The van der Waals surface area contributed by atoms with E-state index in [1.165, 1.54) is 10.9 Å². The van der Waals surface area contributed by atoms with Crippen LogP contribution in [0.25, 0.3) is 11.0 Å². The Morgan fingerprint density at radius 2 is 2.07 bits per heavy atom. The monoisotopic (exact) mass is 463 g/mol. The quantitative estimate of drug-likeness (QED) is 0.481. The fraction of sp³-hybridized carbons (Fsp3) is 0.250. The summed E-state index contributed by atoms with van der Waals surface area (Å²) >= 11 is 6.72. The molecule has 0 atom stereocenters. The molecule has 0 unspecified atom stereocenters. The first-order chi connectivity index (χ1) is 7.09. The van der Waals surface area contributed by atoms with E-state index in [1.807, 2.05) is 18.5 Å². The normalized spacial score (nSPS) is 11.5. The number of halogens is 2. The second-order valence-corrected chi connectivity index (χ2v) is 20.9. The van der Waals surface area contributed by atoms with E-state index in [-0.39, 0.29) is 2.41 Å². The van der Waals surface area contributed by atoms with Crippen LogP contribution < -0.4 is 0 Å². The number of fused-ring (bicyclic) bond motifs is 1. The van der Waals surface area contributed by atoms with Crippen molar-refractivity contribution < 1.29 is 0 Å². The Labute approximate surface area is 119 Å². The summed E-state index contributed by atoms with van der Waals surface area (Å²) in [7, 11) is 0. The van der Waals surface area contributed by atoms with Crippen molar-refractivity contribution >= 4 is 69.1 Å². The predicted molar refractivity (Wildman–Crippen MR) is 85.0 cm³/mol.